The molecule has 0 amide bonds. The molecule has 33 heavy (non-hydrogen) atoms. The number of carboxylic acids is 2. The second-order valence-corrected chi connectivity index (χ2v) is 8.44. The molecule has 5 N–H and O–H groups in total. The first-order chi connectivity index (χ1) is 15.7. The van der Waals surface area contributed by atoms with Crippen molar-refractivity contribution in [3.8, 4) is 11.5 Å². The highest BCUT2D eigenvalue weighted by Gasteiger charge is 2.33. The van der Waals surface area contributed by atoms with E-state index in [0.29, 0.717) is 18.5 Å². The minimum atomic E-state index is -2.27. The van der Waals surface area contributed by atoms with E-state index in [0.717, 1.165) is 42.5 Å². The number of carbonyl (C=O) groups is 2. The number of carboxylic acid groups (broad SMARTS) is 2. The van der Waals surface area contributed by atoms with Gasteiger partial charge in [0.25, 0.3) is 0 Å². The van der Waals surface area contributed by atoms with Crippen molar-refractivity contribution < 1.29 is 30.0 Å². The van der Waals surface area contributed by atoms with Gasteiger partial charge in [-0.2, -0.15) is 0 Å². The van der Waals surface area contributed by atoms with Gasteiger partial charge in [0, 0.05) is 25.0 Å². The van der Waals surface area contributed by atoms with Crippen LogP contribution in [0.3, 0.4) is 0 Å². The molecule has 0 aromatic rings. The van der Waals surface area contributed by atoms with Crippen LogP contribution >= 0.6 is 0 Å². The molecule has 4 aliphatic rings. The van der Waals surface area contributed by atoms with Crippen molar-refractivity contribution in [2.75, 3.05) is 5.32 Å². The third-order valence-electron chi connectivity index (χ3n) is 6.08. The first-order valence-electron chi connectivity index (χ1n) is 11.3. The molecule has 0 saturated heterocycles. The maximum absolute atomic E-state index is 12.9. The third kappa shape index (κ3) is 5.01. The lowest BCUT2D eigenvalue weighted by molar-refractivity contribution is -0.165. The molecule has 0 aromatic carbocycles. The zero-order chi connectivity index (χ0) is 24.3. The zero-order valence-corrected chi connectivity index (χ0v) is 18.8. The SMILES string of the molecule is CCCn1c2nc(C3CCCC3)nc-2c2n(c1=O)C[C@@H](CC)N2.O=C(O)C(O)C(O)C(=O)O. The summed E-state index contributed by atoms with van der Waals surface area (Å²) in [7, 11) is 0. The number of hydrogen-bond donors (Lipinski definition) is 5. The Kier molecular flexibility index (Phi) is 7.69. The first kappa shape index (κ1) is 24.6. The van der Waals surface area contributed by atoms with Gasteiger partial charge in [-0.3, -0.25) is 9.13 Å². The van der Waals surface area contributed by atoms with Crippen molar-refractivity contribution in [2.45, 2.75) is 89.6 Å². The van der Waals surface area contributed by atoms with Gasteiger partial charge in [-0.25, -0.2) is 24.4 Å². The van der Waals surface area contributed by atoms with Crippen molar-refractivity contribution in [3.05, 3.63) is 16.3 Å². The van der Waals surface area contributed by atoms with E-state index < -0.39 is 24.1 Å². The van der Waals surface area contributed by atoms with Crippen molar-refractivity contribution >= 4 is 17.8 Å². The Bertz CT molecular complexity index is 1010. The van der Waals surface area contributed by atoms with Crippen LogP contribution in [0.1, 0.15) is 64.1 Å². The van der Waals surface area contributed by atoms with Crippen molar-refractivity contribution in [1.29, 1.82) is 0 Å². The van der Waals surface area contributed by atoms with Crippen LogP contribution in [0.25, 0.3) is 11.5 Å². The number of aromatic nitrogens is 4. The molecular weight excluding hydrogens is 434 g/mol. The number of nitrogens with zero attached hydrogens (tertiary/aromatic N) is 4. The fraction of sp³-hybridized carbons (Fsp3) is 0.667. The van der Waals surface area contributed by atoms with Crippen LogP contribution in [0, 0.1) is 0 Å². The molecule has 0 radical (unpaired) electrons. The first-order valence-corrected chi connectivity index (χ1v) is 11.3. The average Bonchev–Trinajstić information content (AvgIpc) is 3.54. The summed E-state index contributed by atoms with van der Waals surface area (Å²) in [6, 6.07) is 0.315. The Morgan fingerprint density at radius 3 is 2.21 bits per heavy atom. The fourth-order valence-corrected chi connectivity index (χ4v) is 4.23. The largest absolute Gasteiger partial charge is 0.479 e. The zero-order valence-electron chi connectivity index (χ0n) is 18.8. The molecule has 4 rings (SSSR count). The molecule has 1 aliphatic carbocycles. The van der Waals surface area contributed by atoms with Crippen LogP contribution in [-0.4, -0.2) is 69.7 Å². The highest BCUT2D eigenvalue weighted by Crippen LogP contribution is 2.37. The maximum atomic E-state index is 12.9. The molecule has 3 aliphatic heterocycles. The Labute approximate surface area is 190 Å². The Morgan fingerprint density at radius 2 is 1.70 bits per heavy atom. The van der Waals surface area contributed by atoms with Crippen molar-refractivity contribution in [3.63, 3.8) is 0 Å². The van der Waals surface area contributed by atoms with E-state index in [1.807, 2.05) is 9.13 Å². The number of rotatable bonds is 7. The number of imidazole rings is 1. The number of anilines is 1. The summed E-state index contributed by atoms with van der Waals surface area (Å²) in [4.78, 5) is 42.1. The van der Waals surface area contributed by atoms with E-state index in [9.17, 15) is 14.4 Å². The monoisotopic (exact) mass is 465 g/mol. The molecule has 3 heterocycles. The van der Waals surface area contributed by atoms with Gasteiger partial charge in [0.15, 0.2) is 18.0 Å². The van der Waals surface area contributed by atoms with Gasteiger partial charge in [-0.05, 0) is 25.7 Å². The van der Waals surface area contributed by atoms with E-state index in [1.54, 1.807) is 0 Å². The van der Waals surface area contributed by atoms with Crippen LogP contribution in [0.5, 0.6) is 0 Å². The second kappa shape index (κ2) is 10.3. The molecule has 12 heteroatoms. The van der Waals surface area contributed by atoms with Crippen LogP contribution in [0.15, 0.2) is 4.79 Å². The molecule has 1 saturated carbocycles. The van der Waals surface area contributed by atoms with Gasteiger partial charge < -0.3 is 25.7 Å². The standard InChI is InChI=1S/C17H25N5O.C4H6O6/c1-3-9-21-16-13(19-14(20-16)11-7-5-6-8-11)15-18-12(4-2)10-22(15)17(21)23;5-1(3(7)8)2(6)4(9)10/h11-12,18H,3-10H2,1-2H3;1-2,5-6H,(H,7,8)(H,9,10)/t12-;/m1./s1. The van der Waals surface area contributed by atoms with Crippen molar-refractivity contribution in [2.24, 2.45) is 0 Å². The molecule has 0 aromatic heterocycles. The Balaban J connectivity index is 0.000000262. The van der Waals surface area contributed by atoms with Crippen LogP contribution < -0.4 is 11.0 Å². The van der Waals surface area contributed by atoms with E-state index in [2.05, 4.69) is 19.2 Å². The Hall–Kier alpha value is -2.99. The molecule has 0 bridgehead atoms. The number of aliphatic carboxylic acids is 2. The summed E-state index contributed by atoms with van der Waals surface area (Å²) >= 11 is 0. The highest BCUT2D eigenvalue weighted by molar-refractivity contribution is 5.83. The average molecular weight is 466 g/mol. The van der Waals surface area contributed by atoms with Gasteiger partial charge in [0.05, 0.1) is 0 Å². The highest BCUT2D eigenvalue weighted by atomic mass is 16.4. The van der Waals surface area contributed by atoms with Gasteiger partial charge in [-0.1, -0.05) is 26.7 Å². The molecule has 12 nitrogen and oxygen atoms in total. The van der Waals surface area contributed by atoms with Gasteiger partial charge in [-0.15, -0.1) is 0 Å². The fourth-order valence-electron chi connectivity index (χ4n) is 4.23. The number of nitrogens with one attached hydrogen (secondary N) is 1. The lowest BCUT2D eigenvalue weighted by atomic mass is 10.1. The summed E-state index contributed by atoms with van der Waals surface area (Å²) in [5, 5.41) is 36.0. The molecule has 1 fully saturated rings. The van der Waals surface area contributed by atoms with E-state index >= 15 is 0 Å². The smallest absolute Gasteiger partial charge is 0.335 e. The summed E-state index contributed by atoms with van der Waals surface area (Å²) in [6.45, 7) is 5.68. The van der Waals surface area contributed by atoms with Crippen LogP contribution in [-0.2, 0) is 22.7 Å². The molecular formula is C21H31N5O7. The topological polar surface area (TPSA) is 180 Å². The number of aliphatic hydroxyl groups is 2. The molecule has 2 unspecified atom stereocenters. The van der Waals surface area contributed by atoms with Crippen LogP contribution in [0.2, 0.25) is 0 Å². The lowest BCUT2D eigenvalue weighted by Gasteiger charge is -2.13. The van der Waals surface area contributed by atoms with Gasteiger partial charge in [0.2, 0.25) is 0 Å². The van der Waals surface area contributed by atoms with Crippen LogP contribution in [0.4, 0.5) is 5.82 Å². The normalized spacial score (nSPS) is 19.5. The van der Waals surface area contributed by atoms with Gasteiger partial charge in [0.1, 0.15) is 17.3 Å². The maximum Gasteiger partial charge on any atom is 0.335 e. The summed E-state index contributed by atoms with van der Waals surface area (Å²) in [5.41, 5.74) is 0.937. The second-order valence-electron chi connectivity index (χ2n) is 8.44. The lowest BCUT2D eigenvalue weighted by Crippen LogP contribution is -2.39. The van der Waals surface area contributed by atoms with E-state index in [-0.39, 0.29) is 5.69 Å². The number of aliphatic hydroxyl groups excluding tert-OH is 2. The number of fused-ring (bicyclic) bond motifs is 3. The van der Waals surface area contributed by atoms with Crippen molar-refractivity contribution in [1.82, 2.24) is 19.1 Å². The third-order valence-corrected chi connectivity index (χ3v) is 6.08. The minimum Gasteiger partial charge on any atom is -0.479 e. The minimum absolute atomic E-state index is 0.0515. The molecule has 3 atom stereocenters. The van der Waals surface area contributed by atoms with Gasteiger partial charge >= 0.3 is 17.6 Å². The summed E-state index contributed by atoms with van der Waals surface area (Å²) in [6.07, 6.45) is 2.27. The number of hydrogen-bond acceptors (Lipinski definition) is 8. The van der Waals surface area contributed by atoms with E-state index in [1.165, 1.54) is 25.7 Å². The predicted octanol–water partition coefficient (Wildman–Crippen LogP) is 0.694. The summed E-state index contributed by atoms with van der Waals surface area (Å²) < 4.78 is 3.68. The molecule has 182 valence electrons. The quantitative estimate of drug-likeness (QED) is 0.390. The Morgan fingerprint density at radius 1 is 1.09 bits per heavy atom. The molecule has 0 spiro atoms. The van der Waals surface area contributed by atoms with E-state index in [4.69, 9.17) is 30.4 Å². The summed E-state index contributed by atoms with van der Waals surface area (Å²) in [5.74, 6) is -0.478. The predicted molar refractivity (Wildman–Crippen MR) is 117 cm³/mol.